The third kappa shape index (κ3) is 5.38. The van der Waals surface area contributed by atoms with Crippen LogP contribution < -0.4 is 5.01 Å². The van der Waals surface area contributed by atoms with Gasteiger partial charge in [0.1, 0.15) is 0 Å². The van der Waals surface area contributed by atoms with Crippen molar-refractivity contribution in [1.29, 1.82) is 0 Å². The molecule has 0 saturated carbocycles. The predicted molar refractivity (Wildman–Crippen MR) is 101 cm³/mol. The fourth-order valence-electron chi connectivity index (χ4n) is 3.71. The van der Waals surface area contributed by atoms with Gasteiger partial charge in [0.05, 0.1) is 23.8 Å². The Morgan fingerprint density at radius 2 is 1.89 bits per heavy atom. The summed E-state index contributed by atoms with van der Waals surface area (Å²) in [6.45, 7) is 0.531. The molecule has 1 aromatic carbocycles. The van der Waals surface area contributed by atoms with E-state index in [0.29, 0.717) is 30.7 Å². The molecular formula is C19H23ClF3N3O2. The lowest BCUT2D eigenvalue weighted by atomic mass is 9.84. The van der Waals surface area contributed by atoms with E-state index in [1.165, 1.54) is 4.90 Å². The van der Waals surface area contributed by atoms with Gasteiger partial charge < -0.3 is 10.0 Å². The first-order chi connectivity index (χ1) is 13.2. The zero-order valence-corrected chi connectivity index (χ0v) is 16.1. The van der Waals surface area contributed by atoms with Crippen LogP contribution in [0.15, 0.2) is 29.4 Å². The zero-order valence-electron chi connectivity index (χ0n) is 15.3. The second kappa shape index (κ2) is 8.29. The average molecular weight is 418 g/mol. The van der Waals surface area contributed by atoms with Gasteiger partial charge in [0.2, 0.25) is 5.91 Å². The van der Waals surface area contributed by atoms with E-state index in [1.807, 2.05) is 17.1 Å². The van der Waals surface area contributed by atoms with Crippen LogP contribution in [0.25, 0.3) is 0 Å². The van der Waals surface area contributed by atoms with Crippen LogP contribution in [0.3, 0.4) is 0 Å². The lowest BCUT2D eigenvalue weighted by Gasteiger charge is -2.40. The third-order valence-electron chi connectivity index (χ3n) is 5.31. The minimum absolute atomic E-state index is 0.0151. The number of likely N-dealkylation sites (tertiary alicyclic amines) is 1. The van der Waals surface area contributed by atoms with Crippen LogP contribution in [-0.2, 0) is 4.79 Å². The number of hydrogen-bond donors (Lipinski definition) is 1. The highest BCUT2D eigenvalue weighted by atomic mass is 35.5. The number of carbonyl (C=O) groups excluding carboxylic acids is 1. The van der Waals surface area contributed by atoms with E-state index in [1.54, 1.807) is 18.3 Å². The molecule has 0 bridgehead atoms. The maximum absolute atomic E-state index is 12.3. The van der Waals surface area contributed by atoms with Crippen molar-refractivity contribution in [3.05, 3.63) is 29.3 Å². The smallest absolute Gasteiger partial charge is 0.389 e. The summed E-state index contributed by atoms with van der Waals surface area (Å²) in [7, 11) is 0. The molecule has 1 N–H and O–H groups in total. The summed E-state index contributed by atoms with van der Waals surface area (Å²) in [4.78, 5) is 13.4. The van der Waals surface area contributed by atoms with Gasteiger partial charge in [0.15, 0.2) is 0 Å². The second-order valence-electron chi connectivity index (χ2n) is 7.43. The molecule has 0 aromatic heterocycles. The zero-order chi connectivity index (χ0) is 20.4. The molecule has 2 aliphatic heterocycles. The average Bonchev–Trinajstić information content (AvgIpc) is 3.08. The summed E-state index contributed by atoms with van der Waals surface area (Å²) in [5.41, 5.74) is -0.0874. The molecule has 1 saturated heterocycles. The van der Waals surface area contributed by atoms with Crippen LogP contribution in [0.2, 0.25) is 5.02 Å². The van der Waals surface area contributed by atoms with Crippen molar-refractivity contribution in [3.63, 3.8) is 0 Å². The molecule has 9 heteroatoms. The number of hydrazone groups is 1. The first kappa shape index (κ1) is 20.9. The molecule has 0 aliphatic carbocycles. The minimum atomic E-state index is -4.33. The van der Waals surface area contributed by atoms with E-state index >= 15 is 0 Å². The monoisotopic (exact) mass is 417 g/mol. The highest BCUT2D eigenvalue weighted by molar-refractivity contribution is 6.30. The summed E-state index contributed by atoms with van der Waals surface area (Å²) < 4.78 is 36.9. The number of anilines is 1. The van der Waals surface area contributed by atoms with Gasteiger partial charge in [0.25, 0.3) is 0 Å². The number of hydrogen-bond acceptors (Lipinski definition) is 4. The Bertz CT molecular complexity index is 716. The van der Waals surface area contributed by atoms with Crippen molar-refractivity contribution in [2.45, 2.75) is 56.3 Å². The molecule has 2 heterocycles. The number of piperidine rings is 1. The van der Waals surface area contributed by atoms with E-state index < -0.39 is 30.5 Å². The van der Waals surface area contributed by atoms with E-state index in [9.17, 15) is 23.1 Å². The quantitative estimate of drug-likeness (QED) is 0.788. The van der Waals surface area contributed by atoms with Crippen molar-refractivity contribution in [2.75, 3.05) is 18.1 Å². The van der Waals surface area contributed by atoms with Crippen molar-refractivity contribution in [2.24, 2.45) is 5.10 Å². The molecule has 1 aromatic rings. The topological polar surface area (TPSA) is 56.1 Å². The van der Waals surface area contributed by atoms with Crippen molar-refractivity contribution in [1.82, 2.24) is 4.90 Å². The van der Waals surface area contributed by atoms with Gasteiger partial charge in [0, 0.05) is 37.2 Å². The van der Waals surface area contributed by atoms with Gasteiger partial charge in [-0.05, 0) is 43.5 Å². The summed E-state index contributed by atoms with van der Waals surface area (Å²) in [6, 6.07) is 7.27. The van der Waals surface area contributed by atoms with Crippen LogP contribution in [0.5, 0.6) is 0 Å². The Morgan fingerprint density at radius 1 is 1.25 bits per heavy atom. The van der Waals surface area contributed by atoms with Gasteiger partial charge in [-0.3, -0.25) is 9.80 Å². The Morgan fingerprint density at radius 3 is 2.50 bits per heavy atom. The molecule has 2 aliphatic rings. The highest BCUT2D eigenvalue weighted by Crippen LogP contribution is 2.34. The number of amides is 1. The van der Waals surface area contributed by atoms with E-state index in [2.05, 4.69) is 5.10 Å². The number of rotatable bonds is 5. The Hall–Kier alpha value is -1.80. The van der Waals surface area contributed by atoms with Crippen LogP contribution in [0.1, 0.15) is 38.5 Å². The SMILES string of the molecule is O=C(CCC(F)(F)F)N1CCC(O)(CC2CC=NN2c2ccc(Cl)cc2)CC1. The first-order valence-electron chi connectivity index (χ1n) is 9.29. The lowest BCUT2D eigenvalue weighted by molar-refractivity contribution is -0.151. The summed E-state index contributed by atoms with van der Waals surface area (Å²) in [6.07, 6.45) is -2.33. The van der Waals surface area contributed by atoms with Crippen LogP contribution in [0.4, 0.5) is 18.9 Å². The van der Waals surface area contributed by atoms with Crippen LogP contribution in [0, 0.1) is 0 Å². The van der Waals surface area contributed by atoms with Crippen LogP contribution >= 0.6 is 11.6 Å². The van der Waals surface area contributed by atoms with Crippen LogP contribution in [-0.4, -0.2) is 53.0 Å². The van der Waals surface area contributed by atoms with E-state index in [4.69, 9.17) is 11.6 Å². The van der Waals surface area contributed by atoms with E-state index in [-0.39, 0.29) is 19.1 Å². The molecule has 1 unspecified atom stereocenters. The van der Waals surface area contributed by atoms with E-state index in [0.717, 1.165) is 5.69 Å². The normalized spacial score (nSPS) is 22.0. The number of carbonyl (C=O) groups is 1. The molecule has 1 fully saturated rings. The Kier molecular flexibility index (Phi) is 6.19. The maximum atomic E-state index is 12.3. The maximum Gasteiger partial charge on any atom is 0.389 e. The molecule has 1 atom stereocenters. The highest BCUT2D eigenvalue weighted by Gasteiger charge is 2.39. The molecular weight excluding hydrogens is 395 g/mol. The summed E-state index contributed by atoms with van der Waals surface area (Å²) in [5.74, 6) is -0.508. The molecule has 0 spiro atoms. The molecule has 154 valence electrons. The van der Waals surface area contributed by atoms with Gasteiger partial charge in [-0.15, -0.1) is 0 Å². The number of benzene rings is 1. The predicted octanol–water partition coefficient (Wildman–Crippen LogP) is 3.99. The van der Waals surface area contributed by atoms with Crippen molar-refractivity contribution in [3.8, 4) is 0 Å². The number of alkyl halides is 3. The fraction of sp³-hybridized carbons (Fsp3) is 0.579. The summed E-state index contributed by atoms with van der Waals surface area (Å²) in [5, 5.41) is 17.9. The molecule has 5 nitrogen and oxygen atoms in total. The number of halogens is 4. The minimum Gasteiger partial charge on any atom is -0.390 e. The fourth-order valence-corrected chi connectivity index (χ4v) is 3.84. The van der Waals surface area contributed by atoms with Crippen molar-refractivity contribution >= 4 is 29.4 Å². The van der Waals surface area contributed by atoms with Gasteiger partial charge in [-0.25, -0.2) is 0 Å². The first-order valence-corrected chi connectivity index (χ1v) is 9.67. The standard InChI is InChI=1S/C19H23ClF3N3O2/c20-14-1-3-15(4-2-14)26-16(6-10-24-26)13-18(28)8-11-25(12-9-18)17(27)5-7-19(21,22)23/h1-4,10,16,28H,5-9,11-13H2. The number of aliphatic hydroxyl groups is 1. The third-order valence-corrected chi connectivity index (χ3v) is 5.56. The number of nitrogens with zero attached hydrogens (tertiary/aromatic N) is 3. The molecule has 28 heavy (non-hydrogen) atoms. The summed E-state index contributed by atoms with van der Waals surface area (Å²) >= 11 is 5.93. The molecule has 1 amide bonds. The molecule has 3 rings (SSSR count). The van der Waals surface area contributed by atoms with Crippen molar-refractivity contribution < 1.29 is 23.1 Å². The Labute approximate surface area is 166 Å². The largest absolute Gasteiger partial charge is 0.390 e. The van der Waals surface area contributed by atoms with Gasteiger partial charge in [-0.2, -0.15) is 18.3 Å². The molecule has 0 radical (unpaired) electrons. The Balaban J connectivity index is 1.54. The lowest BCUT2D eigenvalue weighted by Crippen LogP contribution is -2.49. The van der Waals surface area contributed by atoms with Gasteiger partial charge in [-0.1, -0.05) is 11.6 Å². The van der Waals surface area contributed by atoms with Gasteiger partial charge >= 0.3 is 6.18 Å². The second-order valence-corrected chi connectivity index (χ2v) is 7.87.